The molecular formula is C10H14N2O3. The Labute approximate surface area is 88.4 Å². The third kappa shape index (κ3) is 2.51. The van der Waals surface area contributed by atoms with Crippen LogP contribution in [0.5, 0.6) is 0 Å². The number of anilines is 1. The topological polar surface area (TPSA) is 60.5 Å². The minimum Gasteiger partial charge on any atom is -0.373 e. The average molecular weight is 210 g/mol. The second kappa shape index (κ2) is 5.43. The molecule has 0 saturated heterocycles. The molecule has 0 aliphatic carbocycles. The van der Waals surface area contributed by atoms with Crippen molar-refractivity contribution in [2.24, 2.45) is 0 Å². The van der Waals surface area contributed by atoms with E-state index >= 15 is 0 Å². The lowest BCUT2D eigenvalue weighted by Gasteiger charge is -2.15. The quantitative estimate of drug-likeness (QED) is 0.585. The maximum absolute atomic E-state index is 10.8. The van der Waals surface area contributed by atoms with Crippen LogP contribution in [0.2, 0.25) is 0 Å². The Hall–Kier alpha value is -1.46. The van der Waals surface area contributed by atoms with Crippen molar-refractivity contribution in [1.82, 2.24) is 4.98 Å². The van der Waals surface area contributed by atoms with Gasteiger partial charge in [-0.25, -0.2) is 4.98 Å². The monoisotopic (exact) mass is 210 g/mol. The zero-order valence-corrected chi connectivity index (χ0v) is 8.98. The first kappa shape index (κ1) is 11.6. The Morgan fingerprint density at radius 1 is 1.40 bits per heavy atom. The molecule has 1 heterocycles. The number of nitrogens with one attached hydrogen (secondary N) is 1. The number of aromatic nitrogens is 1. The molecule has 0 amide bonds. The molecule has 0 fully saturated rings. The van der Waals surface area contributed by atoms with Crippen LogP contribution < -0.4 is 5.32 Å². The molecule has 0 atom stereocenters. The Morgan fingerprint density at radius 3 is 2.53 bits per heavy atom. The van der Waals surface area contributed by atoms with E-state index < -0.39 is 6.29 Å². The van der Waals surface area contributed by atoms with Gasteiger partial charge in [-0.05, 0) is 12.1 Å². The van der Waals surface area contributed by atoms with E-state index in [1.165, 1.54) is 14.2 Å². The summed E-state index contributed by atoms with van der Waals surface area (Å²) in [5.74, 6) is 0.662. The first-order chi connectivity index (χ1) is 7.26. The molecular weight excluding hydrogens is 196 g/mol. The second-order valence-electron chi connectivity index (χ2n) is 2.84. The third-order valence-electron chi connectivity index (χ3n) is 1.99. The minimum absolute atomic E-state index is 0.461. The van der Waals surface area contributed by atoms with Crippen LogP contribution >= 0.6 is 0 Å². The maximum atomic E-state index is 10.8. The molecule has 0 aromatic carbocycles. The number of carbonyl (C=O) groups is 1. The van der Waals surface area contributed by atoms with Crippen molar-refractivity contribution in [3.63, 3.8) is 0 Å². The van der Waals surface area contributed by atoms with E-state index in [4.69, 9.17) is 9.47 Å². The highest BCUT2D eigenvalue weighted by Gasteiger charge is 2.16. The predicted octanol–water partition coefficient (Wildman–Crippen LogP) is 1.23. The summed E-state index contributed by atoms with van der Waals surface area (Å²) in [5.41, 5.74) is 0.935. The highest BCUT2D eigenvalue weighted by atomic mass is 16.7. The Morgan fingerprint density at radius 2 is 2.07 bits per heavy atom. The number of hydrogen-bond acceptors (Lipinski definition) is 5. The molecule has 82 valence electrons. The lowest BCUT2D eigenvalue weighted by molar-refractivity contribution is -0.108. The number of hydrogen-bond donors (Lipinski definition) is 1. The smallest absolute Gasteiger partial charge is 0.201 e. The van der Waals surface area contributed by atoms with E-state index in [1.54, 1.807) is 19.2 Å². The van der Waals surface area contributed by atoms with Crippen molar-refractivity contribution in [1.29, 1.82) is 0 Å². The van der Waals surface area contributed by atoms with Crippen molar-refractivity contribution in [2.75, 3.05) is 26.6 Å². The van der Waals surface area contributed by atoms with E-state index in [2.05, 4.69) is 10.3 Å². The van der Waals surface area contributed by atoms with Crippen molar-refractivity contribution in [2.45, 2.75) is 6.29 Å². The molecule has 0 aliphatic heterocycles. The molecule has 5 nitrogen and oxygen atoms in total. The lowest BCUT2D eigenvalue weighted by Crippen LogP contribution is -2.10. The average Bonchev–Trinajstić information content (AvgIpc) is 2.30. The van der Waals surface area contributed by atoms with Gasteiger partial charge in [-0.3, -0.25) is 4.79 Å². The molecule has 1 aromatic heterocycles. The number of methoxy groups -OCH3 is 2. The number of carbonyl (C=O) groups excluding carboxylic acids is 1. The van der Waals surface area contributed by atoms with Crippen LogP contribution in [0, 0.1) is 0 Å². The summed E-state index contributed by atoms with van der Waals surface area (Å²) in [6, 6.07) is 3.39. The van der Waals surface area contributed by atoms with Gasteiger partial charge in [0.1, 0.15) is 11.5 Å². The molecule has 0 bridgehead atoms. The molecule has 0 unspecified atom stereocenters. The van der Waals surface area contributed by atoms with E-state index in [-0.39, 0.29) is 0 Å². The molecule has 1 N–H and O–H groups in total. The van der Waals surface area contributed by atoms with Crippen LogP contribution in [-0.4, -0.2) is 32.5 Å². The van der Waals surface area contributed by atoms with Gasteiger partial charge in [0, 0.05) is 26.8 Å². The summed E-state index contributed by atoms with van der Waals surface area (Å²) in [4.78, 5) is 15.0. The summed E-state index contributed by atoms with van der Waals surface area (Å²) in [7, 11) is 4.74. The molecule has 0 saturated carbocycles. The molecule has 0 spiro atoms. The summed E-state index contributed by atoms with van der Waals surface area (Å²) in [6.45, 7) is 0. The Bertz CT molecular complexity index is 337. The largest absolute Gasteiger partial charge is 0.373 e. The van der Waals surface area contributed by atoms with Crippen LogP contribution in [0.3, 0.4) is 0 Å². The third-order valence-corrected chi connectivity index (χ3v) is 1.99. The fourth-order valence-corrected chi connectivity index (χ4v) is 1.23. The molecule has 0 radical (unpaired) electrons. The number of ether oxygens (including phenoxy) is 2. The van der Waals surface area contributed by atoms with Gasteiger partial charge in [0.2, 0.25) is 6.29 Å². The standard InChI is InChI=1S/C10H14N2O3/c1-11-8-5-4-7(6-13)9(12-8)10(14-2)15-3/h4-6,10H,1-3H3,(H,11,12). The summed E-state index contributed by atoms with van der Waals surface area (Å²) >= 11 is 0. The fourth-order valence-electron chi connectivity index (χ4n) is 1.23. The van der Waals surface area contributed by atoms with Crippen LogP contribution in [0.25, 0.3) is 0 Å². The van der Waals surface area contributed by atoms with Crippen LogP contribution in [0.1, 0.15) is 22.3 Å². The van der Waals surface area contributed by atoms with Gasteiger partial charge in [-0.2, -0.15) is 0 Å². The van der Waals surface area contributed by atoms with E-state index in [9.17, 15) is 4.79 Å². The summed E-state index contributed by atoms with van der Waals surface area (Å²) in [6.07, 6.45) is 0.103. The molecule has 1 rings (SSSR count). The van der Waals surface area contributed by atoms with Gasteiger partial charge >= 0.3 is 0 Å². The Kier molecular flexibility index (Phi) is 4.20. The Balaban J connectivity index is 3.15. The highest BCUT2D eigenvalue weighted by molar-refractivity contribution is 5.77. The number of pyridine rings is 1. The van der Waals surface area contributed by atoms with Gasteiger partial charge in [-0.15, -0.1) is 0 Å². The van der Waals surface area contributed by atoms with Gasteiger partial charge < -0.3 is 14.8 Å². The zero-order valence-electron chi connectivity index (χ0n) is 8.98. The summed E-state index contributed by atoms with van der Waals surface area (Å²) < 4.78 is 10.1. The number of nitrogens with zero attached hydrogens (tertiary/aromatic N) is 1. The first-order valence-corrected chi connectivity index (χ1v) is 4.46. The zero-order chi connectivity index (χ0) is 11.3. The molecule has 1 aromatic rings. The van der Waals surface area contributed by atoms with Crippen molar-refractivity contribution < 1.29 is 14.3 Å². The maximum Gasteiger partial charge on any atom is 0.201 e. The van der Waals surface area contributed by atoms with Gasteiger partial charge in [0.05, 0.1) is 0 Å². The molecule has 15 heavy (non-hydrogen) atoms. The lowest BCUT2D eigenvalue weighted by atomic mass is 10.2. The SMILES string of the molecule is CNc1ccc(C=O)c(C(OC)OC)n1. The van der Waals surface area contributed by atoms with E-state index in [0.717, 1.165) is 6.29 Å². The van der Waals surface area contributed by atoms with Gasteiger partial charge in [0.15, 0.2) is 6.29 Å². The first-order valence-electron chi connectivity index (χ1n) is 4.46. The van der Waals surface area contributed by atoms with E-state index in [0.29, 0.717) is 17.1 Å². The van der Waals surface area contributed by atoms with E-state index in [1.807, 2.05) is 0 Å². The number of aldehydes is 1. The fraction of sp³-hybridized carbons (Fsp3) is 0.400. The van der Waals surface area contributed by atoms with Crippen LogP contribution in [-0.2, 0) is 9.47 Å². The van der Waals surface area contributed by atoms with Crippen molar-refractivity contribution >= 4 is 12.1 Å². The van der Waals surface area contributed by atoms with Gasteiger partial charge in [-0.1, -0.05) is 0 Å². The highest BCUT2D eigenvalue weighted by Crippen LogP contribution is 2.20. The normalized spacial score (nSPS) is 10.4. The molecule has 0 aliphatic rings. The van der Waals surface area contributed by atoms with Gasteiger partial charge in [0.25, 0.3) is 0 Å². The molecule has 5 heteroatoms. The second-order valence-corrected chi connectivity index (χ2v) is 2.84. The number of rotatable bonds is 5. The van der Waals surface area contributed by atoms with Crippen LogP contribution in [0.4, 0.5) is 5.82 Å². The van der Waals surface area contributed by atoms with Crippen molar-refractivity contribution in [3.8, 4) is 0 Å². The predicted molar refractivity (Wildman–Crippen MR) is 55.9 cm³/mol. The van der Waals surface area contributed by atoms with Crippen molar-refractivity contribution in [3.05, 3.63) is 23.4 Å². The summed E-state index contributed by atoms with van der Waals surface area (Å²) in [5, 5.41) is 2.88. The minimum atomic E-state index is -0.626. The van der Waals surface area contributed by atoms with Crippen LogP contribution in [0.15, 0.2) is 12.1 Å².